The van der Waals surface area contributed by atoms with E-state index in [-0.39, 0.29) is 17.5 Å². The molecule has 1 amide bonds. The van der Waals surface area contributed by atoms with Gasteiger partial charge in [-0.25, -0.2) is 0 Å². The molecule has 0 saturated carbocycles. The van der Waals surface area contributed by atoms with Gasteiger partial charge in [0.25, 0.3) is 0 Å². The van der Waals surface area contributed by atoms with Crippen LogP contribution in [0.2, 0.25) is 0 Å². The third kappa shape index (κ3) is 10.1. The zero-order valence-corrected chi connectivity index (χ0v) is 11.7. The molecule has 0 heterocycles. The molecule has 2 N–H and O–H groups in total. The fourth-order valence-electron chi connectivity index (χ4n) is 1.29. The molecule has 0 aromatic heterocycles. The van der Waals surface area contributed by atoms with Gasteiger partial charge in [-0.2, -0.15) is 0 Å². The summed E-state index contributed by atoms with van der Waals surface area (Å²) in [5.74, 6) is 0.521. The zero-order valence-electron chi connectivity index (χ0n) is 10.9. The molecule has 0 aliphatic rings. The second kappa shape index (κ2) is 7.01. The predicted molar refractivity (Wildman–Crippen MR) is 68.9 cm³/mol. The van der Waals surface area contributed by atoms with E-state index in [1.54, 1.807) is 6.26 Å². The minimum absolute atomic E-state index is 0.00898. The number of carbonyl (C=O) groups excluding carboxylic acids is 1. The minimum Gasteiger partial charge on any atom is -0.353 e. The highest BCUT2D eigenvalue weighted by Gasteiger charge is 2.11. The van der Waals surface area contributed by atoms with Crippen molar-refractivity contribution in [3.8, 4) is 0 Å². The smallest absolute Gasteiger partial charge is 0.221 e. The average molecular weight is 248 g/mol. The van der Waals surface area contributed by atoms with Crippen LogP contribution >= 0.6 is 0 Å². The van der Waals surface area contributed by atoms with Crippen LogP contribution in [0.1, 0.15) is 34.1 Å². The highest BCUT2D eigenvalue weighted by Crippen LogP contribution is 1.98. The van der Waals surface area contributed by atoms with Gasteiger partial charge < -0.3 is 10.6 Å². The molecule has 2 unspecified atom stereocenters. The van der Waals surface area contributed by atoms with Crippen LogP contribution in [0, 0.1) is 0 Å². The first-order chi connectivity index (χ1) is 7.20. The van der Waals surface area contributed by atoms with Crippen molar-refractivity contribution in [2.45, 2.75) is 45.7 Å². The minimum atomic E-state index is -0.862. The monoisotopic (exact) mass is 248 g/mol. The molecule has 4 nitrogen and oxygen atoms in total. The number of hydrogen-bond donors (Lipinski definition) is 2. The predicted octanol–water partition coefficient (Wildman–Crippen LogP) is 0.648. The highest BCUT2D eigenvalue weighted by molar-refractivity contribution is 7.84. The van der Waals surface area contributed by atoms with Gasteiger partial charge in [0.1, 0.15) is 0 Å². The molecule has 2 atom stereocenters. The van der Waals surface area contributed by atoms with Crippen molar-refractivity contribution in [3.63, 3.8) is 0 Å². The molecule has 0 saturated heterocycles. The van der Waals surface area contributed by atoms with Crippen LogP contribution in [0.25, 0.3) is 0 Å². The lowest BCUT2D eigenvalue weighted by Crippen LogP contribution is -2.41. The van der Waals surface area contributed by atoms with Crippen LogP contribution in [-0.4, -0.2) is 40.3 Å². The Morgan fingerprint density at radius 2 is 1.94 bits per heavy atom. The molecular formula is C11H24N2O2S. The first-order valence-corrected chi connectivity index (χ1v) is 7.28. The number of carbonyl (C=O) groups is 1. The lowest BCUT2D eigenvalue weighted by Gasteiger charge is -2.20. The number of nitrogens with one attached hydrogen (secondary N) is 2. The van der Waals surface area contributed by atoms with E-state index < -0.39 is 10.8 Å². The maximum Gasteiger partial charge on any atom is 0.221 e. The molecule has 0 radical (unpaired) electrons. The van der Waals surface area contributed by atoms with Gasteiger partial charge in [0.05, 0.1) is 0 Å². The zero-order chi connectivity index (χ0) is 12.8. The summed E-state index contributed by atoms with van der Waals surface area (Å²) in [7, 11) is -0.862. The van der Waals surface area contributed by atoms with Gasteiger partial charge in [-0.05, 0) is 27.7 Å². The largest absolute Gasteiger partial charge is 0.353 e. The normalized spacial score (nSPS) is 15.6. The molecule has 96 valence electrons. The van der Waals surface area contributed by atoms with Crippen molar-refractivity contribution in [1.29, 1.82) is 0 Å². The van der Waals surface area contributed by atoms with E-state index in [1.807, 2.05) is 6.92 Å². The molecule has 16 heavy (non-hydrogen) atoms. The number of rotatable bonds is 6. The van der Waals surface area contributed by atoms with E-state index in [9.17, 15) is 9.00 Å². The first kappa shape index (κ1) is 15.6. The van der Waals surface area contributed by atoms with Crippen LogP contribution in [-0.2, 0) is 15.6 Å². The van der Waals surface area contributed by atoms with Crippen molar-refractivity contribution < 1.29 is 9.00 Å². The number of amides is 1. The van der Waals surface area contributed by atoms with Crippen molar-refractivity contribution in [2.75, 3.05) is 18.6 Å². The van der Waals surface area contributed by atoms with E-state index in [0.717, 1.165) is 0 Å². The molecule has 0 fully saturated rings. The van der Waals surface area contributed by atoms with E-state index in [0.29, 0.717) is 18.7 Å². The summed E-state index contributed by atoms with van der Waals surface area (Å²) in [6, 6.07) is -0.0204. The van der Waals surface area contributed by atoms with Crippen LogP contribution < -0.4 is 10.6 Å². The Labute approximate surface area is 101 Å². The second-order valence-corrected chi connectivity index (χ2v) is 6.61. The van der Waals surface area contributed by atoms with Crippen molar-refractivity contribution in [2.24, 2.45) is 0 Å². The summed E-state index contributed by atoms with van der Waals surface area (Å²) in [6.45, 7) is 8.73. The average Bonchev–Trinajstić information content (AvgIpc) is 1.98. The fraction of sp³-hybridized carbons (Fsp3) is 0.909. The van der Waals surface area contributed by atoms with E-state index in [2.05, 4.69) is 31.4 Å². The molecular weight excluding hydrogens is 224 g/mol. The number of hydrogen-bond acceptors (Lipinski definition) is 3. The van der Waals surface area contributed by atoms with E-state index >= 15 is 0 Å². The molecule has 0 aromatic carbocycles. The Balaban J connectivity index is 3.70. The molecule has 0 aliphatic carbocycles. The third-order valence-corrected chi connectivity index (χ3v) is 2.87. The van der Waals surface area contributed by atoms with Crippen molar-refractivity contribution >= 4 is 16.7 Å². The van der Waals surface area contributed by atoms with Gasteiger partial charge in [0.2, 0.25) is 5.91 Å². The molecule has 0 aliphatic heterocycles. The quantitative estimate of drug-likeness (QED) is 0.725. The van der Waals surface area contributed by atoms with Gasteiger partial charge in [-0.3, -0.25) is 9.00 Å². The van der Waals surface area contributed by atoms with Crippen molar-refractivity contribution in [1.82, 2.24) is 10.6 Å². The van der Waals surface area contributed by atoms with Gasteiger partial charge >= 0.3 is 0 Å². The van der Waals surface area contributed by atoms with Crippen LogP contribution in [0.15, 0.2) is 0 Å². The first-order valence-electron chi connectivity index (χ1n) is 5.55. The summed E-state index contributed by atoms with van der Waals surface area (Å²) >= 11 is 0. The Morgan fingerprint density at radius 3 is 2.38 bits per heavy atom. The summed E-state index contributed by atoms with van der Waals surface area (Å²) in [5.41, 5.74) is 0.0385. The third-order valence-electron chi connectivity index (χ3n) is 1.90. The highest BCUT2D eigenvalue weighted by atomic mass is 32.2. The Kier molecular flexibility index (Phi) is 6.83. The SMILES string of the molecule is CC(CS(C)=O)NC(=O)CCNC(C)(C)C. The Hall–Kier alpha value is -0.420. The van der Waals surface area contributed by atoms with Gasteiger partial charge in [-0.1, -0.05) is 0 Å². The van der Waals surface area contributed by atoms with Gasteiger partial charge in [-0.15, -0.1) is 0 Å². The van der Waals surface area contributed by atoms with Gasteiger partial charge in [0.15, 0.2) is 0 Å². The maximum absolute atomic E-state index is 11.5. The van der Waals surface area contributed by atoms with Crippen molar-refractivity contribution in [3.05, 3.63) is 0 Å². The maximum atomic E-state index is 11.5. The topological polar surface area (TPSA) is 58.2 Å². The van der Waals surface area contributed by atoms with Crippen LogP contribution in [0.4, 0.5) is 0 Å². The summed E-state index contributed by atoms with van der Waals surface area (Å²) < 4.78 is 10.9. The summed E-state index contributed by atoms with van der Waals surface area (Å²) in [6.07, 6.45) is 2.10. The fourth-order valence-corrected chi connectivity index (χ4v) is 2.08. The Bertz CT molecular complexity index is 249. The molecule has 0 bridgehead atoms. The molecule has 0 rings (SSSR count). The lowest BCUT2D eigenvalue weighted by molar-refractivity contribution is -0.121. The molecule has 0 aromatic rings. The molecule has 0 spiro atoms. The Morgan fingerprint density at radius 1 is 1.38 bits per heavy atom. The van der Waals surface area contributed by atoms with Crippen LogP contribution in [0.3, 0.4) is 0 Å². The second-order valence-electron chi connectivity index (χ2n) is 5.14. The van der Waals surface area contributed by atoms with E-state index in [1.165, 1.54) is 0 Å². The van der Waals surface area contributed by atoms with E-state index in [4.69, 9.17) is 0 Å². The standard InChI is InChI=1S/C11H24N2O2S/c1-9(8-16(5)15)13-10(14)6-7-12-11(2,3)4/h9,12H,6-8H2,1-5H3,(H,13,14). The summed E-state index contributed by atoms with van der Waals surface area (Å²) in [5, 5.41) is 6.07. The van der Waals surface area contributed by atoms with Gasteiger partial charge in [0, 0.05) is 47.4 Å². The molecule has 5 heteroatoms. The lowest BCUT2D eigenvalue weighted by atomic mass is 10.1. The summed E-state index contributed by atoms with van der Waals surface area (Å²) in [4.78, 5) is 11.5. The van der Waals surface area contributed by atoms with Crippen LogP contribution in [0.5, 0.6) is 0 Å².